The van der Waals surface area contributed by atoms with Crippen LogP contribution >= 0.6 is 0 Å². The van der Waals surface area contributed by atoms with Gasteiger partial charge in [0.1, 0.15) is 0 Å². The van der Waals surface area contributed by atoms with Crippen molar-refractivity contribution < 1.29 is 9.53 Å². The summed E-state index contributed by atoms with van der Waals surface area (Å²) < 4.78 is 5.42. The fraction of sp³-hybridized carbons (Fsp3) is 0.562. The molecule has 0 bridgehead atoms. The van der Waals surface area contributed by atoms with Gasteiger partial charge in [0.2, 0.25) is 0 Å². The third kappa shape index (κ3) is 3.43. The molecule has 2 rings (SSSR count). The maximum Gasteiger partial charge on any atom is 0.179 e. The Kier molecular flexibility index (Phi) is 4.72. The largest absolute Gasteiger partial charge is 0.380 e. The lowest BCUT2D eigenvalue weighted by Gasteiger charge is -2.35. The van der Waals surface area contributed by atoms with Crippen molar-refractivity contribution in [3.8, 4) is 0 Å². The summed E-state index contributed by atoms with van der Waals surface area (Å²) in [7, 11) is 1.75. The number of Topliss-reactive ketones (excluding diaryl/α,β-unsaturated/α-hetero) is 1. The number of ketones is 1. The van der Waals surface area contributed by atoms with Gasteiger partial charge in [-0.1, -0.05) is 29.8 Å². The fourth-order valence-electron chi connectivity index (χ4n) is 2.64. The van der Waals surface area contributed by atoms with Crippen LogP contribution in [0.5, 0.6) is 0 Å². The molecule has 2 atom stereocenters. The van der Waals surface area contributed by atoms with E-state index in [1.165, 1.54) is 5.56 Å². The third-order valence-electron chi connectivity index (χ3n) is 4.01. The number of hydrogen-bond donors (Lipinski definition) is 0. The summed E-state index contributed by atoms with van der Waals surface area (Å²) >= 11 is 0. The second-order valence-corrected chi connectivity index (χ2v) is 5.40. The van der Waals surface area contributed by atoms with Gasteiger partial charge >= 0.3 is 0 Å². The lowest BCUT2D eigenvalue weighted by Crippen LogP contribution is -2.47. The molecule has 0 spiro atoms. The highest BCUT2D eigenvalue weighted by molar-refractivity contribution is 5.99. The number of carbonyl (C=O) groups excluding carboxylic acids is 1. The number of benzene rings is 1. The monoisotopic (exact) mass is 261 g/mol. The van der Waals surface area contributed by atoms with Crippen LogP contribution in [0.2, 0.25) is 0 Å². The maximum absolute atomic E-state index is 12.5. The first-order chi connectivity index (χ1) is 9.11. The van der Waals surface area contributed by atoms with E-state index in [0.717, 1.165) is 31.5 Å². The quantitative estimate of drug-likeness (QED) is 0.780. The van der Waals surface area contributed by atoms with E-state index in [0.29, 0.717) is 0 Å². The second-order valence-electron chi connectivity index (χ2n) is 5.40. The number of likely N-dealkylation sites (tertiary alicyclic amines) is 1. The van der Waals surface area contributed by atoms with E-state index in [9.17, 15) is 4.79 Å². The lowest BCUT2D eigenvalue weighted by atomic mass is 10.00. The smallest absolute Gasteiger partial charge is 0.179 e. The minimum Gasteiger partial charge on any atom is -0.380 e. The van der Waals surface area contributed by atoms with Gasteiger partial charge in [0.25, 0.3) is 0 Å². The van der Waals surface area contributed by atoms with E-state index in [1.54, 1.807) is 7.11 Å². The van der Waals surface area contributed by atoms with Crippen molar-refractivity contribution in [1.82, 2.24) is 4.90 Å². The number of hydrogen-bond acceptors (Lipinski definition) is 3. The number of ether oxygens (including phenoxy) is 1. The Morgan fingerprint density at radius 3 is 2.68 bits per heavy atom. The van der Waals surface area contributed by atoms with Crippen molar-refractivity contribution in [2.75, 3.05) is 20.2 Å². The molecule has 1 heterocycles. The molecule has 0 aliphatic carbocycles. The molecular weight excluding hydrogens is 238 g/mol. The van der Waals surface area contributed by atoms with Crippen LogP contribution in [0.1, 0.15) is 35.7 Å². The van der Waals surface area contributed by atoms with Gasteiger partial charge in [-0.05, 0) is 33.2 Å². The Hall–Kier alpha value is -1.19. The highest BCUT2D eigenvalue weighted by Crippen LogP contribution is 2.17. The van der Waals surface area contributed by atoms with Crippen LogP contribution in [-0.4, -0.2) is 43.0 Å². The van der Waals surface area contributed by atoms with Crippen molar-refractivity contribution in [1.29, 1.82) is 0 Å². The minimum absolute atomic E-state index is 0.0688. The average molecular weight is 261 g/mol. The van der Waals surface area contributed by atoms with Crippen molar-refractivity contribution in [3.63, 3.8) is 0 Å². The van der Waals surface area contributed by atoms with E-state index in [4.69, 9.17) is 4.74 Å². The molecule has 3 heteroatoms. The number of nitrogens with zero attached hydrogens (tertiary/aromatic N) is 1. The van der Waals surface area contributed by atoms with Gasteiger partial charge in [-0.15, -0.1) is 0 Å². The minimum atomic E-state index is -0.0688. The van der Waals surface area contributed by atoms with Crippen LogP contribution in [0.4, 0.5) is 0 Å². The number of methoxy groups -OCH3 is 1. The Morgan fingerprint density at radius 2 is 2.05 bits per heavy atom. The predicted molar refractivity (Wildman–Crippen MR) is 76.6 cm³/mol. The van der Waals surface area contributed by atoms with Crippen molar-refractivity contribution in [2.24, 2.45) is 0 Å². The standard InChI is InChI=1S/C16H23NO2/c1-12-6-8-14(9-7-12)16(18)13(2)17-10-4-5-15(11-17)19-3/h6-9,13,15H,4-5,10-11H2,1-3H3. The normalized spacial score (nSPS) is 22.2. The van der Waals surface area contributed by atoms with Crippen LogP contribution in [0.15, 0.2) is 24.3 Å². The molecule has 0 saturated carbocycles. The topological polar surface area (TPSA) is 29.5 Å². The Labute approximate surface area is 115 Å². The van der Waals surface area contributed by atoms with E-state index in [-0.39, 0.29) is 17.9 Å². The van der Waals surface area contributed by atoms with E-state index in [2.05, 4.69) is 4.90 Å². The van der Waals surface area contributed by atoms with Gasteiger partial charge in [-0.2, -0.15) is 0 Å². The van der Waals surface area contributed by atoms with Crippen LogP contribution in [0, 0.1) is 6.92 Å². The number of piperidine rings is 1. The molecule has 0 radical (unpaired) electrons. The summed E-state index contributed by atoms with van der Waals surface area (Å²) in [6, 6.07) is 7.76. The molecule has 1 aliphatic heterocycles. The molecule has 0 N–H and O–H groups in total. The second kappa shape index (κ2) is 6.31. The van der Waals surface area contributed by atoms with Crippen molar-refractivity contribution >= 4 is 5.78 Å². The van der Waals surface area contributed by atoms with Gasteiger partial charge in [-0.3, -0.25) is 9.69 Å². The zero-order chi connectivity index (χ0) is 13.8. The van der Waals surface area contributed by atoms with Crippen molar-refractivity contribution in [3.05, 3.63) is 35.4 Å². The summed E-state index contributed by atoms with van der Waals surface area (Å²) in [5.74, 6) is 0.205. The summed E-state index contributed by atoms with van der Waals surface area (Å²) in [5.41, 5.74) is 1.99. The molecule has 3 nitrogen and oxygen atoms in total. The van der Waals surface area contributed by atoms with E-state index < -0.39 is 0 Å². The molecule has 1 fully saturated rings. The number of aryl methyl sites for hydroxylation is 1. The third-order valence-corrected chi connectivity index (χ3v) is 4.01. The Balaban J connectivity index is 2.04. The molecule has 2 unspecified atom stereocenters. The van der Waals surface area contributed by atoms with E-state index in [1.807, 2.05) is 38.1 Å². The summed E-state index contributed by atoms with van der Waals surface area (Å²) in [6.45, 7) is 5.87. The predicted octanol–water partition coefficient (Wildman–Crippen LogP) is 2.68. The summed E-state index contributed by atoms with van der Waals surface area (Å²) in [6.07, 6.45) is 2.46. The summed E-state index contributed by atoms with van der Waals surface area (Å²) in [5, 5.41) is 0. The van der Waals surface area contributed by atoms with Gasteiger partial charge in [0, 0.05) is 19.2 Å². The van der Waals surface area contributed by atoms with Crippen LogP contribution < -0.4 is 0 Å². The van der Waals surface area contributed by atoms with Crippen LogP contribution in [-0.2, 0) is 4.74 Å². The van der Waals surface area contributed by atoms with Crippen molar-refractivity contribution in [2.45, 2.75) is 38.8 Å². The zero-order valence-electron chi connectivity index (χ0n) is 12.1. The SMILES string of the molecule is COC1CCCN(C(C)C(=O)c2ccc(C)cc2)C1. The molecule has 1 aliphatic rings. The maximum atomic E-state index is 12.5. The molecule has 1 aromatic carbocycles. The van der Waals surface area contributed by atoms with Crippen LogP contribution in [0.3, 0.4) is 0 Å². The molecular formula is C16H23NO2. The Morgan fingerprint density at radius 1 is 1.37 bits per heavy atom. The first kappa shape index (κ1) is 14.2. The lowest BCUT2D eigenvalue weighted by molar-refractivity contribution is 0.0182. The van der Waals surface area contributed by atoms with Gasteiger partial charge in [-0.25, -0.2) is 0 Å². The average Bonchev–Trinajstić information content (AvgIpc) is 2.46. The molecule has 1 aromatic rings. The van der Waals surface area contributed by atoms with Crippen LogP contribution in [0.25, 0.3) is 0 Å². The first-order valence-corrected chi connectivity index (χ1v) is 6.99. The highest BCUT2D eigenvalue weighted by atomic mass is 16.5. The number of carbonyl (C=O) groups is 1. The zero-order valence-corrected chi connectivity index (χ0v) is 12.1. The molecule has 104 valence electrons. The molecule has 0 aromatic heterocycles. The Bertz CT molecular complexity index is 427. The van der Waals surface area contributed by atoms with E-state index >= 15 is 0 Å². The fourth-order valence-corrected chi connectivity index (χ4v) is 2.64. The number of rotatable bonds is 4. The summed E-state index contributed by atoms with van der Waals surface area (Å²) in [4.78, 5) is 14.7. The highest BCUT2D eigenvalue weighted by Gasteiger charge is 2.27. The molecule has 0 amide bonds. The molecule has 19 heavy (non-hydrogen) atoms. The first-order valence-electron chi connectivity index (χ1n) is 6.99. The van der Waals surface area contributed by atoms with Gasteiger partial charge in [0.05, 0.1) is 12.1 Å². The molecule has 1 saturated heterocycles. The van der Waals surface area contributed by atoms with Gasteiger partial charge < -0.3 is 4.74 Å². The van der Waals surface area contributed by atoms with Gasteiger partial charge in [0.15, 0.2) is 5.78 Å².